The molecule has 0 bridgehead atoms. The zero-order valence-electron chi connectivity index (χ0n) is 15.4. The van der Waals surface area contributed by atoms with Crippen LogP contribution in [0.4, 0.5) is 24.5 Å². The molecule has 1 aliphatic rings. The van der Waals surface area contributed by atoms with E-state index in [0.717, 1.165) is 11.6 Å². The molecule has 0 aliphatic carbocycles. The van der Waals surface area contributed by atoms with Gasteiger partial charge in [-0.25, -0.2) is 0 Å². The van der Waals surface area contributed by atoms with Gasteiger partial charge in [-0.1, -0.05) is 23.7 Å². The highest BCUT2D eigenvalue weighted by Crippen LogP contribution is 2.31. The zero-order chi connectivity index (χ0) is 20.3. The summed E-state index contributed by atoms with van der Waals surface area (Å²) in [6.45, 7) is 4.42. The first kappa shape index (κ1) is 20.5. The lowest BCUT2D eigenvalue weighted by Gasteiger charge is -2.36. The van der Waals surface area contributed by atoms with Crippen LogP contribution in [-0.2, 0) is 11.0 Å². The first-order valence-corrected chi connectivity index (χ1v) is 9.31. The lowest BCUT2D eigenvalue weighted by Crippen LogP contribution is -2.48. The van der Waals surface area contributed by atoms with Gasteiger partial charge in [-0.15, -0.1) is 0 Å². The second-order valence-corrected chi connectivity index (χ2v) is 7.26. The lowest BCUT2D eigenvalue weighted by molar-refractivity contribution is -0.137. The van der Waals surface area contributed by atoms with E-state index in [4.69, 9.17) is 11.6 Å². The number of amides is 1. The molecule has 0 atom stereocenters. The van der Waals surface area contributed by atoms with Gasteiger partial charge in [0.1, 0.15) is 0 Å². The second kappa shape index (κ2) is 8.41. The standard InChI is InChI=1S/C20H21ClF3N3O/c1-14-5-6-16(21)12-18(14)25-19(28)13-26-7-9-27(10-8-26)17-4-2-3-15(11-17)20(22,23)24/h2-6,11-12H,7-10,13H2,1H3,(H,25,28). The molecular weight excluding hydrogens is 391 g/mol. The van der Waals surface area contributed by atoms with E-state index >= 15 is 0 Å². The van der Waals surface area contributed by atoms with Crippen LogP contribution in [0, 0.1) is 6.92 Å². The number of alkyl halides is 3. The molecule has 1 fully saturated rings. The Kier molecular flexibility index (Phi) is 6.15. The maximum atomic E-state index is 12.9. The van der Waals surface area contributed by atoms with Crippen molar-refractivity contribution in [1.29, 1.82) is 0 Å². The Morgan fingerprint density at radius 1 is 1.11 bits per heavy atom. The predicted molar refractivity (Wildman–Crippen MR) is 105 cm³/mol. The highest BCUT2D eigenvalue weighted by atomic mass is 35.5. The quantitative estimate of drug-likeness (QED) is 0.808. The summed E-state index contributed by atoms with van der Waals surface area (Å²) in [5.41, 5.74) is 1.50. The summed E-state index contributed by atoms with van der Waals surface area (Å²) in [5, 5.41) is 3.41. The van der Waals surface area contributed by atoms with Crippen molar-refractivity contribution in [2.45, 2.75) is 13.1 Å². The van der Waals surface area contributed by atoms with Crippen LogP contribution in [0.5, 0.6) is 0 Å². The normalized spacial score (nSPS) is 15.5. The Hall–Kier alpha value is -2.25. The molecule has 2 aromatic carbocycles. The van der Waals surface area contributed by atoms with Crippen LogP contribution in [0.1, 0.15) is 11.1 Å². The minimum atomic E-state index is -4.35. The minimum absolute atomic E-state index is 0.141. The van der Waals surface area contributed by atoms with Gasteiger partial charge in [0.05, 0.1) is 12.1 Å². The van der Waals surface area contributed by atoms with E-state index < -0.39 is 11.7 Å². The summed E-state index contributed by atoms with van der Waals surface area (Å²) in [7, 11) is 0. The molecule has 0 radical (unpaired) electrons. The van der Waals surface area contributed by atoms with Gasteiger partial charge in [-0.05, 0) is 42.8 Å². The summed E-state index contributed by atoms with van der Waals surface area (Å²) in [4.78, 5) is 16.2. The molecule has 2 aromatic rings. The van der Waals surface area contributed by atoms with E-state index in [0.29, 0.717) is 42.6 Å². The first-order valence-electron chi connectivity index (χ1n) is 8.93. The lowest BCUT2D eigenvalue weighted by atomic mass is 10.1. The number of benzene rings is 2. The third-order valence-electron chi connectivity index (χ3n) is 4.75. The van der Waals surface area contributed by atoms with Gasteiger partial charge in [0, 0.05) is 42.6 Å². The Labute approximate surface area is 166 Å². The maximum absolute atomic E-state index is 12.9. The van der Waals surface area contributed by atoms with Gasteiger partial charge in [0.2, 0.25) is 5.91 Å². The summed E-state index contributed by atoms with van der Waals surface area (Å²) < 4.78 is 38.7. The fourth-order valence-electron chi connectivity index (χ4n) is 3.16. The highest BCUT2D eigenvalue weighted by molar-refractivity contribution is 6.31. The molecule has 1 N–H and O–H groups in total. The van der Waals surface area contributed by atoms with E-state index in [1.54, 1.807) is 18.2 Å². The predicted octanol–water partition coefficient (Wildman–Crippen LogP) is 4.43. The number of carbonyl (C=O) groups excluding carboxylic acids is 1. The number of piperazine rings is 1. The Bertz CT molecular complexity index is 849. The van der Waals surface area contributed by atoms with E-state index in [1.807, 2.05) is 22.8 Å². The number of nitrogens with one attached hydrogen (secondary N) is 1. The largest absolute Gasteiger partial charge is 0.416 e. The van der Waals surface area contributed by atoms with Crippen molar-refractivity contribution in [2.75, 3.05) is 42.9 Å². The van der Waals surface area contributed by atoms with Crippen molar-refractivity contribution in [3.63, 3.8) is 0 Å². The number of halogens is 4. The molecule has 1 aliphatic heterocycles. The van der Waals surface area contributed by atoms with E-state index in [9.17, 15) is 18.0 Å². The number of aryl methyl sites for hydroxylation is 1. The van der Waals surface area contributed by atoms with Crippen molar-refractivity contribution in [3.8, 4) is 0 Å². The van der Waals surface area contributed by atoms with Crippen molar-refractivity contribution in [2.24, 2.45) is 0 Å². The van der Waals surface area contributed by atoms with E-state index in [2.05, 4.69) is 5.32 Å². The number of hydrogen-bond donors (Lipinski definition) is 1. The molecule has 0 saturated carbocycles. The molecule has 8 heteroatoms. The summed E-state index contributed by atoms with van der Waals surface area (Å²) >= 11 is 5.97. The van der Waals surface area contributed by atoms with Crippen LogP contribution >= 0.6 is 11.6 Å². The average Bonchev–Trinajstić information content (AvgIpc) is 2.65. The molecule has 28 heavy (non-hydrogen) atoms. The number of hydrogen-bond acceptors (Lipinski definition) is 3. The van der Waals surface area contributed by atoms with Gasteiger partial charge < -0.3 is 10.2 Å². The summed E-state index contributed by atoms with van der Waals surface area (Å²) in [5.74, 6) is -0.141. The molecule has 150 valence electrons. The van der Waals surface area contributed by atoms with Crippen molar-refractivity contribution < 1.29 is 18.0 Å². The van der Waals surface area contributed by atoms with Gasteiger partial charge in [0.15, 0.2) is 0 Å². The molecular formula is C20H21ClF3N3O. The fraction of sp³-hybridized carbons (Fsp3) is 0.350. The molecule has 0 aromatic heterocycles. The molecule has 1 amide bonds. The van der Waals surface area contributed by atoms with Crippen LogP contribution in [0.2, 0.25) is 5.02 Å². The Balaban J connectivity index is 1.54. The third-order valence-corrected chi connectivity index (χ3v) is 4.99. The van der Waals surface area contributed by atoms with E-state index in [-0.39, 0.29) is 12.5 Å². The summed E-state index contributed by atoms with van der Waals surface area (Å²) in [6.07, 6.45) is -4.35. The van der Waals surface area contributed by atoms with Crippen molar-refractivity contribution >= 4 is 28.9 Å². The van der Waals surface area contributed by atoms with Crippen molar-refractivity contribution in [1.82, 2.24) is 4.90 Å². The van der Waals surface area contributed by atoms with Crippen LogP contribution in [-0.4, -0.2) is 43.5 Å². The number of nitrogens with zero attached hydrogens (tertiary/aromatic N) is 2. The van der Waals surface area contributed by atoms with Gasteiger partial charge >= 0.3 is 6.18 Å². The van der Waals surface area contributed by atoms with Crippen LogP contribution in [0.25, 0.3) is 0 Å². The van der Waals surface area contributed by atoms with Gasteiger partial charge in [-0.3, -0.25) is 9.69 Å². The van der Waals surface area contributed by atoms with Crippen molar-refractivity contribution in [3.05, 3.63) is 58.6 Å². The minimum Gasteiger partial charge on any atom is -0.369 e. The second-order valence-electron chi connectivity index (χ2n) is 6.82. The van der Waals surface area contributed by atoms with Gasteiger partial charge in [0.25, 0.3) is 0 Å². The Morgan fingerprint density at radius 3 is 2.50 bits per heavy atom. The molecule has 4 nitrogen and oxygen atoms in total. The molecule has 3 rings (SSSR count). The highest BCUT2D eigenvalue weighted by Gasteiger charge is 2.31. The zero-order valence-corrected chi connectivity index (χ0v) is 16.1. The number of anilines is 2. The van der Waals surface area contributed by atoms with Crippen LogP contribution in [0.3, 0.4) is 0 Å². The number of rotatable bonds is 4. The maximum Gasteiger partial charge on any atom is 0.416 e. The monoisotopic (exact) mass is 411 g/mol. The molecule has 0 unspecified atom stereocenters. The van der Waals surface area contributed by atoms with E-state index in [1.165, 1.54) is 12.1 Å². The van der Waals surface area contributed by atoms with Gasteiger partial charge in [-0.2, -0.15) is 13.2 Å². The third kappa shape index (κ3) is 5.17. The number of carbonyl (C=O) groups is 1. The van der Waals surface area contributed by atoms with Crippen LogP contribution < -0.4 is 10.2 Å². The average molecular weight is 412 g/mol. The topological polar surface area (TPSA) is 35.6 Å². The Morgan fingerprint density at radius 2 is 1.82 bits per heavy atom. The fourth-order valence-corrected chi connectivity index (χ4v) is 3.34. The molecule has 1 saturated heterocycles. The SMILES string of the molecule is Cc1ccc(Cl)cc1NC(=O)CN1CCN(c2cccc(C(F)(F)F)c2)CC1. The first-order chi connectivity index (χ1) is 13.2. The van der Waals surface area contributed by atoms with Crippen LogP contribution in [0.15, 0.2) is 42.5 Å². The molecule has 0 spiro atoms. The smallest absolute Gasteiger partial charge is 0.369 e. The molecule has 1 heterocycles. The summed E-state index contributed by atoms with van der Waals surface area (Å²) in [6, 6.07) is 10.7.